The first-order valence-corrected chi connectivity index (χ1v) is 5.84. The van der Waals surface area contributed by atoms with Gasteiger partial charge < -0.3 is 15.1 Å². The molecule has 5 nitrogen and oxygen atoms in total. The minimum absolute atomic E-state index is 0.192. The van der Waals surface area contributed by atoms with Crippen molar-refractivity contribution >= 4 is 5.91 Å². The van der Waals surface area contributed by atoms with Crippen LogP contribution in [0, 0.1) is 5.41 Å². The maximum atomic E-state index is 11.8. The average molecular weight is 228 g/mol. The van der Waals surface area contributed by atoms with Gasteiger partial charge in [-0.3, -0.25) is 9.69 Å². The van der Waals surface area contributed by atoms with Crippen molar-refractivity contribution in [3.05, 3.63) is 0 Å². The topological polar surface area (TPSA) is 64.0 Å². The highest BCUT2D eigenvalue weighted by molar-refractivity contribution is 5.88. The molecule has 2 atom stereocenters. The maximum absolute atomic E-state index is 11.8. The van der Waals surface area contributed by atoms with Gasteiger partial charge in [-0.1, -0.05) is 0 Å². The van der Waals surface area contributed by atoms with Gasteiger partial charge in [-0.05, 0) is 19.4 Å². The van der Waals surface area contributed by atoms with Crippen molar-refractivity contribution in [3.63, 3.8) is 0 Å². The molecule has 16 heavy (non-hydrogen) atoms. The molecule has 0 aromatic rings. The van der Waals surface area contributed by atoms with E-state index in [2.05, 4.69) is 4.90 Å². The van der Waals surface area contributed by atoms with E-state index in [1.807, 2.05) is 7.05 Å². The van der Waals surface area contributed by atoms with Gasteiger partial charge in [0, 0.05) is 26.7 Å². The van der Waals surface area contributed by atoms with Gasteiger partial charge in [0.05, 0.1) is 18.1 Å². The van der Waals surface area contributed by atoms with Gasteiger partial charge in [0.15, 0.2) is 0 Å². The quantitative estimate of drug-likeness (QED) is 0.602. The summed E-state index contributed by atoms with van der Waals surface area (Å²) < 4.78 is 0. The summed E-state index contributed by atoms with van der Waals surface area (Å²) in [5.74, 6) is 0.232. The second-order valence-corrected chi connectivity index (χ2v) is 5.12. The highest BCUT2D eigenvalue weighted by Gasteiger charge is 2.52. The normalized spacial score (nSPS) is 32.9. The van der Waals surface area contributed by atoms with Crippen LogP contribution in [-0.2, 0) is 4.79 Å². The van der Waals surface area contributed by atoms with Crippen LogP contribution in [-0.4, -0.2) is 71.9 Å². The van der Waals surface area contributed by atoms with Crippen molar-refractivity contribution in [1.29, 1.82) is 0 Å². The van der Waals surface area contributed by atoms with Gasteiger partial charge in [0.1, 0.15) is 0 Å². The summed E-state index contributed by atoms with van der Waals surface area (Å²) in [6.07, 6.45) is 1.27. The lowest BCUT2D eigenvalue weighted by molar-refractivity contribution is -0.164. The molecule has 0 bridgehead atoms. The zero-order valence-electron chi connectivity index (χ0n) is 9.72. The third kappa shape index (κ3) is 1.95. The monoisotopic (exact) mass is 228 g/mol. The number of aliphatic hydroxyl groups is 2. The molecule has 92 valence electrons. The first-order chi connectivity index (χ1) is 7.57. The minimum atomic E-state index is -0.692. The lowest BCUT2D eigenvalue weighted by atomic mass is 9.72. The fourth-order valence-electron chi connectivity index (χ4n) is 2.95. The third-order valence-corrected chi connectivity index (χ3v) is 3.68. The number of likely N-dealkylation sites (tertiary alicyclic amines) is 2. The van der Waals surface area contributed by atoms with Crippen LogP contribution in [0.25, 0.3) is 0 Å². The van der Waals surface area contributed by atoms with Crippen LogP contribution in [0.2, 0.25) is 0 Å². The molecule has 2 heterocycles. The SMILES string of the molecule is CN1C[C@]2(CCCN(C[C@@H](O)CO)C2)C1=O. The summed E-state index contributed by atoms with van der Waals surface area (Å²) in [5, 5.41) is 18.2. The van der Waals surface area contributed by atoms with Crippen LogP contribution in [0.4, 0.5) is 0 Å². The van der Waals surface area contributed by atoms with Gasteiger partial charge in [-0.2, -0.15) is 0 Å². The van der Waals surface area contributed by atoms with Gasteiger partial charge in [-0.25, -0.2) is 0 Å². The largest absolute Gasteiger partial charge is 0.394 e. The average Bonchev–Trinajstić information content (AvgIpc) is 2.29. The molecule has 1 amide bonds. The highest BCUT2D eigenvalue weighted by atomic mass is 16.3. The van der Waals surface area contributed by atoms with Crippen LogP contribution in [0.5, 0.6) is 0 Å². The van der Waals surface area contributed by atoms with Crippen molar-refractivity contribution in [2.75, 3.05) is 39.8 Å². The molecule has 0 aromatic carbocycles. The van der Waals surface area contributed by atoms with Crippen LogP contribution < -0.4 is 0 Å². The number of piperidine rings is 1. The molecule has 2 N–H and O–H groups in total. The maximum Gasteiger partial charge on any atom is 0.231 e. The zero-order chi connectivity index (χ0) is 11.8. The van der Waals surface area contributed by atoms with Crippen LogP contribution in [0.15, 0.2) is 0 Å². The summed E-state index contributed by atoms with van der Waals surface area (Å²) in [5.41, 5.74) is -0.192. The summed E-state index contributed by atoms with van der Waals surface area (Å²) in [4.78, 5) is 15.7. The van der Waals surface area contributed by atoms with E-state index in [4.69, 9.17) is 5.11 Å². The third-order valence-electron chi connectivity index (χ3n) is 3.68. The van der Waals surface area contributed by atoms with Crippen LogP contribution in [0.3, 0.4) is 0 Å². The molecule has 0 aliphatic carbocycles. The molecular formula is C11H20N2O3. The van der Waals surface area contributed by atoms with Crippen molar-refractivity contribution in [1.82, 2.24) is 9.80 Å². The number of carbonyl (C=O) groups is 1. The number of β-lactam (4-membered cyclic amide) rings is 1. The van der Waals surface area contributed by atoms with E-state index in [0.717, 1.165) is 32.5 Å². The number of amides is 1. The van der Waals surface area contributed by atoms with E-state index >= 15 is 0 Å². The van der Waals surface area contributed by atoms with Crippen molar-refractivity contribution in [2.45, 2.75) is 18.9 Å². The molecule has 2 aliphatic rings. The van der Waals surface area contributed by atoms with E-state index in [1.54, 1.807) is 4.90 Å². The smallest absolute Gasteiger partial charge is 0.231 e. The first-order valence-electron chi connectivity index (χ1n) is 5.84. The van der Waals surface area contributed by atoms with Crippen molar-refractivity contribution in [3.8, 4) is 0 Å². The Labute approximate surface area is 95.6 Å². The summed E-state index contributed by atoms with van der Waals surface area (Å²) in [6.45, 7) is 2.73. The van der Waals surface area contributed by atoms with Gasteiger partial charge >= 0.3 is 0 Å². The lowest BCUT2D eigenvalue weighted by Crippen LogP contribution is -2.66. The van der Waals surface area contributed by atoms with E-state index in [0.29, 0.717) is 6.54 Å². The van der Waals surface area contributed by atoms with Crippen molar-refractivity contribution in [2.24, 2.45) is 5.41 Å². The van der Waals surface area contributed by atoms with E-state index < -0.39 is 6.10 Å². The Morgan fingerprint density at radius 1 is 1.50 bits per heavy atom. The summed E-state index contributed by atoms with van der Waals surface area (Å²) in [7, 11) is 1.83. The Hall–Kier alpha value is -0.650. The minimum Gasteiger partial charge on any atom is -0.394 e. The number of hydrogen-bond donors (Lipinski definition) is 2. The fourth-order valence-corrected chi connectivity index (χ4v) is 2.95. The Balaban J connectivity index is 1.92. The van der Waals surface area contributed by atoms with E-state index in [1.165, 1.54) is 0 Å². The van der Waals surface area contributed by atoms with Gasteiger partial charge in [0.25, 0.3) is 0 Å². The van der Waals surface area contributed by atoms with Crippen molar-refractivity contribution < 1.29 is 15.0 Å². The standard InChI is InChI=1S/C11H20N2O3/c1-12-7-11(10(12)16)3-2-4-13(8-11)5-9(15)6-14/h9,14-15H,2-8H2,1H3/t9-,11+/m1/s1. The zero-order valence-corrected chi connectivity index (χ0v) is 9.72. The van der Waals surface area contributed by atoms with E-state index in [-0.39, 0.29) is 17.9 Å². The molecule has 2 rings (SSSR count). The molecule has 0 unspecified atom stereocenters. The van der Waals surface area contributed by atoms with Gasteiger partial charge in [0.2, 0.25) is 5.91 Å². The van der Waals surface area contributed by atoms with E-state index in [9.17, 15) is 9.90 Å². The predicted molar refractivity (Wildman–Crippen MR) is 58.8 cm³/mol. The number of carbonyl (C=O) groups excluding carboxylic acids is 1. The molecule has 0 radical (unpaired) electrons. The van der Waals surface area contributed by atoms with Gasteiger partial charge in [-0.15, -0.1) is 0 Å². The number of hydrogen-bond acceptors (Lipinski definition) is 4. The molecular weight excluding hydrogens is 208 g/mol. The molecule has 0 saturated carbocycles. The Morgan fingerprint density at radius 2 is 2.25 bits per heavy atom. The second-order valence-electron chi connectivity index (χ2n) is 5.12. The second kappa shape index (κ2) is 4.31. The summed E-state index contributed by atoms with van der Waals surface area (Å²) >= 11 is 0. The molecule has 0 aromatic heterocycles. The molecule has 1 spiro atoms. The van der Waals surface area contributed by atoms with Crippen LogP contribution >= 0.6 is 0 Å². The molecule has 2 saturated heterocycles. The predicted octanol–water partition coefficient (Wildman–Crippen LogP) is -1.11. The summed E-state index contributed by atoms with van der Waals surface area (Å²) in [6, 6.07) is 0. The Kier molecular flexibility index (Phi) is 3.19. The molecule has 5 heteroatoms. The number of nitrogens with zero attached hydrogens (tertiary/aromatic N) is 2. The molecule has 2 aliphatic heterocycles. The highest BCUT2D eigenvalue weighted by Crippen LogP contribution is 2.39. The fraction of sp³-hybridized carbons (Fsp3) is 0.909. The van der Waals surface area contributed by atoms with Crippen LogP contribution in [0.1, 0.15) is 12.8 Å². The Morgan fingerprint density at radius 3 is 2.81 bits per heavy atom. The Bertz CT molecular complexity index is 280. The lowest BCUT2D eigenvalue weighted by Gasteiger charge is -2.52. The molecule has 2 fully saturated rings. The first kappa shape index (κ1) is 11.8. The number of rotatable bonds is 3. The number of aliphatic hydroxyl groups excluding tert-OH is 2. The number of β-amino-alcohol motifs (C(OH)–C–C–N with tert-alkyl or cyclic N) is 1.